The fourth-order valence-electron chi connectivity index (χ4n) is 3.34. The third kappa shape index (κ3) is 4.81. The molecule has 0 spiro atoms. The molecule has 150 valence electrons. The Morgan fingerprint density at radius 1 is 0.966 bits per heavy atom. The smallest absolute Gasteiger partial charge is 0.274 e. The monoisotopic (exact) mass is 394 g/mol. The Labute approximate surface area is 169 Å². The first-order valence-corrected chi connectivity index (χ1v) is 9.65. The Morgan fingerprint density at radius 3 is 2.45 bits per heavy atom. The second kappa shape index (κ2) is 8.87. The van der Waals surface area contributed by atoms with Gasteiger partial charge in [0.2, 0.25) is 0 Å². The van der Waals surface area contributed by atoms with Crippen LogP contribution in [-0.4, -0.2) is 51.7 Å². The Morgan fingerprint density at radius 2 is 1.69 bits per heavy atom. The summed E-state index contributed by atoms with van der Waals surface area (Å²) < 4.78 is 21.1. The summed E-state index contributed by atoms with van der Waals surface area (Å²) in [4.78, 5) is 16.7. The Bertz CT molecular complexity index is 952. The molecule has 1 amide bonds. The van der Waals surface area contributed by atoms with Gasteiger partial charge in [-0.05, 0) is 24.3 Å². The number of halogens is 1. The summed E-state index contributed by atoms with van der Waals surface area (Å²) in [7, 11) is 0. The second-order valence-corrected chi connectivity index (χ2v) is 6.99. The molecule has 1 aromatic heterocycles. The number of amides is 1. The summed E-state index contributed by atoms with van der Waals surface area (Å²) in [5, 5.41) is 4.34. The topological polar surface area (TPSA) is 50.6 Å². The van der Waals surface area contributed by atoms with E-state index in [0.29, 0.717) is 44.0 Å². The van der Waals surface area contributed by atoms with Crippen molar-refractivity contribution in [2.24, 2.45) is 0 Å². The standard InChI is InChI=1S/C22H23FN4O2/c23-20-9-5-4-6-18(20)16-25-12-14-26(15-13-25)22(28)21-10-11-27(24-21)17-29-19-7-2-1-3-8-19/h1-11H,12-17H2. The first kappa shape index (κ1) is 19.1. The lowest BCUT2D eigenvalue weighted by atomic mass is 10.2. The molecule has 0 radical (unpaired) electrons. The van der Waals surface area contributed by atoms with E-state index in [2.05, 4.69) is 10.00 Å². The van der Waals surface area contributed by atoms with Gasteiger partial charge in [0.25, 0.3) is 5.91 Å². The molecule has 4 rings (SSSR count). The van der Waals surface area contributed by atoms with E-state index in [4.69, 9.17) is 4.74 Å². The summed E-state index contributed by atoms with van der Waals surface area (Å²) >= 11 is 0. The van der Waals surface area contributed by atoms with Gasteiger partial charge >= 0.3 is 0 Å². The van der Waals surface area contributed by atoms with Crippen molar-refractivity contribution >= 4 is 5.91 Å². The van der Waals surface area contributed by atoms with E-state index in [1.54, 1.807) is 34.0 Å². The minimum atomic E-state index is -0.186. The molecule has 2 aromatic carbocycles. The van der Waals surface area contributed by atoms with Crippen LogP contribution in [0, 0.1) is 5.82 Å². The van der Waals surface area contributed by atoms with Crippen LogP contribution >= 0.6 is 0 Å². The molecule has 2 heterocycles. The Kier molecular flexibility index (Phi) is 5.86. The predicted octanol–water partition coefficient (Wildman–Crippen LogP) is 3.02. The first-order valence-electron chi connectivity index (χ1n) is 9.65. The van der Waals surface area contributed by atoms with Gasteiger partial charge in [-0.15, -0.1) is 0 Å². The van der Waals surface area contributed by atoms with Crippen LogP contribution < -0.4 is 4.74 Å². The largest absolute Gasteiger partial charge is 0.471 e. The van der Waals surface area contributed by atoms with Crippen molar-refractivity contribution in [2.75, 3.05) is 26.2 Å². The van der Waals surface area contributed by atoms with E-state index in [1.807, 2.05) is 36.4 Å². The number of hydrogen-bond acceptors (Lipinski definition) is 4. The summed E-state index contributed by atoms with van der Waals surface area (Å²) in [6, 6.07) is 18.0. The molecule has 0 N–H and O–H groups in total. The molecule has 1 fully saturated rings. The van der Waals surface area contributed by atoms with E-state index in [0.717, 1.165) is 5.75 Å². The number of aromatic nitrogens is 2. The molecular weight excluding hydrogens is 371 g/mol. The summed E-state index contributed by atoms with van der Waals surface area (Å²) in [5.41, 5.74) is 1.09. The van der Waals surface area contributed by atoms with E-state index in [9.17, 15) is 9.18 Å². The number of benzene rings is 2. The summed E-state index contributed by atoms with van der Waals surface area (Å²) in [5.74, 6) is 0.477. The molecule has 0 aliphatic carbocycles. The van der Waals surface area contributed by atoms with Gasteiger partial charge in [0.05, 0.1) is 0 Å². The molecular formula is C22H23FN4O2. The van der Waals surface area contributed by atoms with Gasteiger partial charge in [0.1, 0.15) is 11.6 Å². The van der Waals surface area contributed by atoms with E-state index >= 15 is 0 Å². The quantitative estimate of drug-likeness (QED) is 0.645. The molecule has 6 nitrogen and oxygen atoms in total. The van der Waals surface area contributed by atoms with Gasteiger partial charge in [0, 0.05) is 44.5 Å². The van der Waals surface area contributed by atoms with Crippen LogP contribution in [0.25, 0.3) is 0 Å². The maximum absolute atomic E-state index is 13.8. The van der Waals surface area contributed by atoms with Crippen molar-refractivity contribution in [1.82, 2.24) is 19.6 Å². The molecule has 1 aliphatic heterocycles. The van der Waals surface area contributed by atoms with Crippen molar-refractivity contribution in [1.29, 1.82) is 0 Å². The average molecular weight is 394 g/mol. The molecule has 3 aromatic rings. The van der Waals surface area contributed by atoms with Crippen molar-refractivity contribution in [2.45, 2.75) is 13.3 Å². The van der Waals surface area contributed by atoms with Crippen molar-refractivity contribution in [3.8, 4) is 5.75 Å². The maximum Gasteiger partial charge on any atom is 0.274 e. The molecule has 1 saturated heterocycles. The van der Waals surface area contributed by atoms with Crippen LogP contribution in [0.3, 0.4) is 0 Å². The molecule has 7 heteroatoms. The second-order valence-electron chi connectivity index (χ2n) is 6.99. The van der Waals surface area contributed by atoms with E-state index < -0.39 is 0 Å². The molecule has 29 heavy (non-hydrogen) atoms. The highest BCUT2D eigenvalue weighted by Gasteiger charge is 2.24. The normalized spacial score (nSPS) is 14.7. The van der Waals surface area contributed by atoms with Crippen LogP contribution in [0.4, 0.5) is 4.39 Å². The number of piperazine rings is 1. The lowest BCUT2D eigenvalue weighted by Crippen LogP contribution is -2.48. The van der Waals surface area contributed by atoms with E-state index in [1.165, 1.54) is 6.07 Å². The first-order chi connectivity index (χ1) is 14.2. The van der Waals surface area contributed by atoms with Gasteiger partial charge < -0.3 is 9.64 Å². The summed E-state index contributed by atoms with van der Waals surface area (Å²) in [6.07, 6.45) is 1.74. The zero-order valence-electron chi connectivity index (χ0n) is 16.1. The number of nitrogens with zero attached hydrogens (tertiary/aromatic N) is 4. The molecule has 1 aliphatic rings. The number of para-hydroxylation sites is 1. The minimum Gasteiger partial charge on any atom is -0.471 e. The Hall–Kier alpha value is -3.19. The van der Waals surface area contributed by atoms with Crippen molar-refractivity contribution < 1.29 is 13.9 Å². The Balaban J connectivity index is 1.28. The minimum absolute atomic E-state index is 0.0889. The molecule has 0 saturated carbocycles. The van der Waals surface area contributed by atoms with Crippen molar-refractivity contribution in [3.63, 3.8) is 0 Å². The third-order valence-corrected chi connectivity index (χ3v) is 4.98. The van der Waals surface area contributed by atoms with Crippen LogP contribution in [0.15, 0.2) is 66.9 Å². The SMILES string of the molecule is O=C(c1ccn(COc2ccccc2)n1)N1CCN(Cc2ccccc2F)CC1. The van der Waals surface area contributed by atoms with Crippen LogP contribution in [-0.2, 0) is 13.3 Å². The third-order valence-electron chi connectivity index (χ3n) is 4.98. The zero-order valence-corrected chi connectivity index (χ0v) is 16.1. The maximum atomic E-state index is 13.8. The van der Waals surface area contributed by atoms with Crippen LogP contribution in [0.2, 0.25) is 0 Å². The highest BCUT2D eigenvalue weighted by atomic mass is 19.1. The lowest BCUT2D eigenvalue weighted by Gasteiger charge is -2.34. The lowest BCUT2D eigenvalue weighted by molar-refractivity contribution is 0.0619. The predicted molar refractivity (Wildman–Crippen MR) is 107 cm³/mol. The van der Waals surface area contributed by atoms with Gasteiger partial charge in [-0.1, -0.05) is 36.4 Å². The van der Waals surface area contributed by atoms with Gasteiger partial charge in [0.15, 0.2) is 12.4 Å². The number of rotatable bonds is 6. The highest BCUT2D eigenvalue weighted by Crippen LogP contribution is 2.14. The number of carbonyl (C=O) groups is 1. The summed E-state index contributed by atoms with van der Waals surface area (Å²) in [6.45, 7) is 3.41. The molecule has 0 unspecified atom stereocenters. The number of hydrogen-bond donors (Lipinski definition) is 0. The van der Waals surface area contributed by atoms with Crippen LogP contribution in [0.1, 0.15) is 16.1 Å². The zero-order chi connectivity index (χ0) is 20.1. The molecule has 0 atom stereocenters. The number of carbonyl (C=O) groups excluding carboxylic acids is 1. The van der Waals surface area contributed by atoms with Gasteiger partial charge in [-0.2, -0.15) is 5.10 Å². The van der Waals surface area contributed by atoms with Gasteiger partial charge in [-0.3, -0.25) is 9.69 Å². The number of ether oxygens (including phenoxy) is 1. The van der Waals surface area contributed by atoms with Crippen molar-refractivity contribution in [3.05, 3.63) is 83.9 Å². The fraction of sp³-hybridized carbons (Fsp3) is 0.273. The average Bonchev–Trinajstić information content (AvgIpc) is 3.24. The highest BCUT2D eigenvalue weighted by molar-refractivity contribution is 5.92. The van der Waals surface area contributed by atoms with Crippen LogP contribution in [0.5, 0.6) is 5.75 Å². The fourth-order valence-corrected chi connectivity index (χ4v) is 3.34. The van der Waals surface area contributed by atoms with Gasteiger partial charge in [-0.25, -0.2) is 9.07 Å². The van der Waals surface area contributed by atoms with E-state index in [-0.39, 0.29) is 18.5 Å². The molecule has 0 bridgehead atoms.